The van der Waals surface area contributed by atoms with Crippen molar-refractivity contribution in [1.29, 1.82) is 0 Å². The van der Waals surface area contributed by atoms with Crippen molar-refractivity contribution in [2.24, 2.45) is 0 Å². The fourth-order valence-corrected chi connectivity index (χ4v) is 3.47. The van der Waals surface area contributed by atoms with Crippen LogP contribution in [-0.4, -0.2) is 73.3 Å². The standard InChI is InChI=1S/C22H30N4O5/c1-16-19(15-30-18-7-5-4-6-8-18)20(24-31-16)21(27)23-11-12-26(22(28)25(2)3)17-9-13-29-14-10-17/h4-8,17H,9-15H2,1-3H3,(H,23,27). The highest BCUT2D eigenvalue weighted by molar-refractivity contribution is 5.93. The Balaban J connectivity index is 1.58. The molecule has 31 heavy (non-hydrogen) atoms. The van der Waals surface area contributed by atoms with Gasteiger partial charge in [0.25, 0.3) is 5.91 Å². The number of benzene rings is 1. The quantitative estimate of drug-likeness (QED) is 0.691. The van der Waals surface area contributed by atoms with Gasteiger partial charge in [-0.25, -0.2) is 4.79 Å². The van der Waals surface area contributed by atoms with Crippen LogP contribution in [0.2, 0.25) is 0 Å². The molecule has 1 N–H and O–H groups in total. The number of hydrogen-bond acceptors (Lipinski definition) is 6. The fraction of sp³-hybridized carbons (Fsp3) is 0.500. The summed E-state index contributed by atoms with van der Waals surface area (Å²) < 4.78 is 16.4. The zero-order valence-electron chi connectivity index (χ0n) is 18.3. The van der Waals surface area contributed by atoms with Crippen molar-refractivity contribution in [3.63, 3.8) is 0 Å². The Kier molecular flexibility index (Phi) is 7.88. The van der Waals surface area contributed by atoms with E-state index >= 15 is 0 Å². The Morgan fingerprint density at radius 1 is 1.19 bits per heavy atom. The molecule has 0 saturated carbocycles. The van der Waals surface area contributed by atoms with Crippen molar-refractivity contribution in [2.45, 2.75) is 32.4 Å². The number of aryl methyl sites for hydroxylation is 1. The molecule has 3 amide bonds. The zero-order valence-corrected chi connectivity index (χ0v) is 18.3. The number of hydrogen-bond donors (Lipinski definition) is 1. The molecule has 9 nitrogen and oxygen atoms in total. The lowest BCUT2D eigenvalue weighted by molar-refractivity contribution is 0.0415. The number of nitrogens with zero attached hydrogens (tertiary/aromatic N) is 3. The first kappa shape index (κ1) is 22.6. The largest absolute Gasteiger partial charge is 0.489 e. The summed E-state index contributed by atoms with van der Waals surface area (Å²) in [4.78, 5) is 28.7. The number of aromatic nitrogens is 1. The van der Waals surface area contributed by atoms with Crippen LogP contribution in [0.15, 0.2) is 34.9 Å². The average Bonchev–Trinajstić information content (AvgIpc) is 3.16. The van der Waals surface area contributed by atoms with Gasteiger partial charge in [0.15, 0.2) is 5.69 Å². The molecule has 2 aromatic rings. The maximum Gasteiger partial charge on any atom is 0.319 e. The predicted molar refractivity (Wildman–Crippen MR) is 114 cm³/mol. The van der Waals surface area contributed by atoms with E-state index in [2.05, 4.69) is 10.5 Å². The molecule has 0 bridgehead atoms. The molecule has 0 unspecified atom stereocenters. The number of nitrogens with one attached hydrogen (secondary N) is 1. The molecule has 3 rings (SSSR count). The van der Waals surface area contributed by atoms with Crippen LogP contribution in [0.25, 0.3) is 0 Å². The van der Waals surface area contributed by atoms with Crippen molar-refractivity contribution in [1.82, 2.24) is 20.3 Å². The van der Waals surface area contributed by atoms with Crippen molar-refractivity contribution < 1.29 is 23.6 Å². The molecular weight excluding hydrogens is 400 g/mol. The van der Waals surface area contributed by atoms with Crippen LogP contribution in [0, 0.1) is 6.92 Å². The van der Waals surface area contributed by atoms with Crippen LogP contribution < -0.4 is 10.1 Å². The van der Waals surface area contributed by atoms with E-state index < -0.39 is 0 Å². The summed E-state index contributed by atoms with van der Waals surface area (Å²) in [6.07, 6.45) is 1.58. The van der Waals surface area contributed by atoms with Gasteiger partial charge in [-0.1, -0.05) is 23.4 Å². The molecule has 0 aliphatic carbocycles. The molecule has 1 fully saturated rings. The molecule has 0 spiro atoms. The van der Waals surface area contributed by atoms with Gasteiger partial charge < -0.3 is 29.1 Å². The summed E-state index contributed by atoms with van der Waals surface area (Å²) in [5.74, 6) is 0.879. The molecule has 9 heteroatoms. The van der Waals surface area contributed by atoms with Crippen LogP contribution in [0.5, 0.6) is 5.75 Å². The number of carbonyl (C=O) groups is 2. The second kappa shape index (κ2) is 10.8. The predicted octanol–water partition coefficient (Wildman–Crippen LogP) is 2.45. The number of urea groups is 1. The third kappa shape index (κ3) is 5.97. The van der Waals surface area contributed by atoms with Gasteiger partial charge in [0, 0.05) is 46.4 Å². The second-order valence-corrected chi connectivity index (χ2v) is 7.64. The molecule has 0 atom stereocenters. The SMILES string of the molecule is Cc1onc(C(=O)NCCN(C(=O)N(C)C)C2CCOCC2)c1COc1ccccc1. The summed E-state index contributed by atoms with van der Waals surface area (Å²) in [7, 11) is 3.45. The summed E-state index contributed by atoms with van der Waals surface area (Å²) in [5, 5.41) is 6.76. The number of carbonyl (C=O) groups excluding carboxylic acids is 2. The normalized spacial score (nSPS) is 14.2. The topological polar surface area (TPSA) is 97.1 Å². The Hall–Kier alpha value is -3.07. The van der Waals surface area contributed by atoms with Crippen molar-refractivity contribution in [3.8, 4) is 5.75 Å². The first-order valence-corrected chi connectivity index (χ1v) is 10.4. The summed E-state index contributed by atoms with van der Waals surface area (Å²) >= 11 is 0. The third-order valence-corrected chi connectivity index (χ3v) is 5.22. The number of ether oxygens (including phenoxy) is 2. The van der Waals surface area contributed by atoms with E-state index in [-0.39, 0.29) is 30.3 Å². The monoisotopic (exact) mass is 430 g/mol. The lowest BCUT2D eigenvalue weighted by Gasteiger charge is -2.36. The lowest BCUT2D eigenvalue weighted by Crippen LogP contribution is -2.50. The van der Waals surface area contributed by atoms with Gasteiger partial charge in [-0.15, -0.1) is 0 Å². The van der Waals surface area contributed by atoms with Gasteiger partial charge in [0.05, 0.1) is 5.56 Å². The molecule has 1 aromatic heterocycles. The smallest absolute Gasteiger partial charge is 0.319 e. The van der Waals surface area contributed by atoms with Gasteiger partial charge in [-0.2, -0.15) is 0 Å². The molecule has 1 aliphatic rings. The molecule has 1 saturated heterocycles. The second-order valence-electron chi connectivity index (χ2n) is 7.64. The fourth-order valence-electron chi connectivity index (χ4n) is 3.47. The maximum absolute atomic E-state index is 12.7. The van der Waals surface area contributed by atoms with Crippen LogP contribution in [0.3, 0.4) is 0 Å². The Morgan fingerprint density at radius 2 is 1.90 bits per heavy atom. The minimum Gasteiger partial charge on any atom is -0.489 e. The Labute approximate surface area is 182 Å². The molecule has 0 radical (unpaired) electrons. The van der Waals surface area contributed by atoms with E-state index in [4.69, 9.17) is 14.0 Å². The van der Waals surface area contributed by atoms with Crippen molar-refractivity contribution in [2.75, 3.05) is 40.4 Å². The van der Waals surface area contributed by atoms with E-state index in [0.29, 0.717) is 43.4 Å². The average molecular weight is 431 g/mol. The molecule has 1 aromatic carbocycles. The van der Waals surface area contributed by atoms with Crippen molar-refractivity contribution in [3.05, 3.63) is 47.3 Å². The Bertz CT molecular complexity index is 862. The van der Waals surface area contributed by atoms with Crippen LogP contribution in [-0.2, 0) is 11.3 Å². The van der Waals surface area contributed by atoms with E-state index in [1.807, 2.05) is 30.3 Å². The van der Waals surface area contributed by atoms with Crippen LogP contribution in [0.1, 0.15) is 34.7 Å². The first-order valence-electron chi connectivity index (χ1n) is 10.4. The Morgan fingerprint density at radius 3 is 2.58 bits per heavy atom. The maximum atomic E-state index is 12.7. The highest BCUT2D eigenvalue weighted by Gasteiger charge is 2.27. The van der Waals surface area contributed by atoms with E-state index in [1.165, 1.54) is 0 Å². The number of rotatable bonds is 8. The number of amides is 3. The van der Waals surface area contributed by atoms with Crippen LogP contribution >= 0.6 is 0 Å². The van der Waals surface area contributed by atoms with Gasteiger partial charge in [0.1, 0.15) is 18.1 Å². The first-order chi connectivity index (χ1) is 15.0. The minimum atomic E-state index is -0.354. The van der Waals surface area contributed by atoms with Gasteiger partial charge in [-0.3, -0.25) is 4.79 Å². The van der Waals surface area contributed by atoms with E-state index in [9.17, 15) is 9.59 Å². The molecule has 1 aliphatic heterocycles. The van der Waals surface area contributed by atoms with Gasteiger partial charge in [0.2, 0.25) is 0 Å². The van der Waals surface area contributed by atoms with Crippen molar-refractivity contribution >= 4 is 11.9 Å². The summed E-state index contributed by atoms with van der Waals surface area (Å²) in [5.41, 5.74) is 0.803. The zero-order chi connectivity index (χ0) is 22.2. The van der Waals surface area contributed by atoms with Crippen LogP contribution in [0.4, 0.5) is 4.79 Å². The van der Waals surface area contributed by atoms with E-state index in [1.54, 1.807) is 30.8 Å². The van der Waals surface area contributed by atoms with Gasteiger partial charge >= 0.3 is 6.03 Å². The number of para-hydroxylation sites is 1. The van der Waals surface area contributed by atoms with E-state index in [0.717, 1.165) is 12.8 Å². The summed E-state index contributed by atoms with van der Waals surface area (Å²) in [6, 6.07) is 9.37. The lowest BCUT2D eigenvalue weighted by atomic mass is 10.1. The molecular formula is C22H30N4O5. The highest BCUT2D eigenvalue weighted by Crippen LogP contribution is 2.18. The summed E-state index contributed by atoms with van der Waals surface area (Å²) in [6.45, 7) is 3.90. The molecule has 2 heterocycles. The highest BCUT2D eigenvalue weighted by atomic mass is 16.5. The minimum absolute atomic E-state index is 0.0737. The third-order valence-electron chi connectivity index (χ3n) is 5.22. The van der Waals surface area contributed by atoms with Gasteiger partial charge in [-0.05, 0) is 31.9 Å². The molecule has 168 valence electrons.